The number of aryl methyl sites for hydroxylation is 1. The SMILES string of the molecule is Cc1nc(N)c2ncn(C3OC(CO)C(O)C3(C)O)c2n1. The van der Waals surface area contributed by atoms with Crippen molar-refractivity contribution >= 4 is 17.0 Å². The molecule has 114 valence electrons. The molecular weight excluding hydrogens is 278 g/mol. The smallest absolute Gasteiger partial charge is 0.168 e. The zero-order valence-electron chi connectivity index (χ0n) is 11.6. The number of nitrogens with zero attached hydrogens (tertiary/aromatic N) is 4. The standard InChI is InChI=1S/C12H17N5O4/c1-5-15-9(13)7-10(16-5)17(4-14-7)11-12(2,20)8(19)6(3-18)21-11/h4,6,8,11,18-20H,3H2,1-2H3,(H2,13,15,16). The van der Waals surface area contributed by atoms with Crippen molar-refractivity contribution in [2.24, 2.45) is 0 Å². The Bertz CT molecular complexity index is 686. The quantitative estimate of drug-likeness (QED) is 0.537. The molecule has 4 atom stereocenters. The average Bonchev–Trinajstić information content (AvgIpc) is 2.91. The first kappa shape index (κ1) is 14.1. The molecule has 0 amide bonds. The molecule has 3 heterocycles. The molecule has 9 nitrogen and oxygen atoms in total. The van der Waals surface area contributed by atoms with Crippen LogP contribution in [0.2, 0.25) is 0 Å². The summed E-state index contributed by atoms with van der Waals surface area (Å²) in [6, 6.07) is 0. The number of rotatable bonds is 2. The first-order valence-corrected chi connectivity index (χ1v) is 6.49. The van der Waals surface area contributed by atoms with E-state index in [-0.39, 0.29) is 5.82 Å². The van der Waals surface area contributed by atoms with E-state index in [2.05, 4.69) is 15.0 Å². The lowest BCUT2D eigenvalue weighted by molar-refractivity contribution is -0.0950. The maximum atomic E-state index is 10.5. The average molecular weight is 295 g/mol. The van der Waals surface area contributed by atoms with Gasteiger partial charge < -0.3 is 25.8 Å². The van der Waals surface area contributed by atoms with Gasteiger partial charge in [0.15, 0.2) is 17.7 Å². The fourth-order valence-corrected chi connectivity index (χ4v) is 2.61. The predicted octanol–water partition coefficient (Wildman–Crippen LogP) is -1.28. The number of nitrogens with two attached hydrogens (primary N) is 1. The second-order valence-electron chi connectivity index (χ2n) is 5.36. The van der Waals surface area contributed by atoms with Crippen LogP contribution in [0.5, 0.6) is 0 Å². The molecule has 1 saturated heterocycles. The van der Waals surface area contributed by atoms with Crippen LogP contribution in [0.3, 0.4) is 0 Å². The second-order valence-corrected chi connectivity index (χ2v) is 5.36. The largest absolute Gasteiger partial charge is 0.394 e. The molecule has 9 heteroatoms. The molecule has 1 aliphatic heterocycles. The molecule has 4 unspecified atom stereocenters. The summed E-state index contributed by atoms with van der Waals surface area (Å²) in [6.07, 6.45) is -1.64. The molecule has 0 saturated carbocycles. The summed E-state index contributed by atoms with van der Waals surface area (Å²) in [6.45, 7) is 2.71. The summed E-state index contributed by atoms with van der Waals surface area (Å²) in [4.78, 5) is 12.4. The fraction of sp³-hybridized carbons (Fsp3) is 0.583. The first-order chi connectivity index (χ1) is 9.86. The van der Waals surface area contributed by atoms with Crippen LogP contribution in [0, 0.1) is 6.92 Å². The van der Waals surface area contributed by atoms with Crippen molar-refractivity contribution in [3.63, 3.8) is 0 Å². The van der Waals surface area contributed by atoms with E-state index >= 15 is 0 Å². The minimum absolute atomic E-state index is 0.230. The summed E-state index contributed by atoms with van der Waals surface area (Å²) in [5.74, 6) is 0.687. The van der Waals surface area contributed by atoms with E-state index in [1.807, 2.05) is 0 Å². The van der Waals surface area contributed by atoms with Crippen LogP contribution in [-0.4, -0.2) is 59.3 Å². The number of anilines is 1. The van der Waals surface area contributed by atoms with E-state index in [1.165, 1.54) is 17.8 Å². The molecular formula is C12H17N5O4. The lowest BCUT2D eigenvalue weighted by Crippen LogP contribution is -2.44. The van der Waals surface area contributed by atoms with E-state index < -0.39 is 30.6 Å². The zero-order valence-corrected chi connectivity index (χ0v) is 11.6. The van der Waals surface area contributed by atoms with E-state index in [1.54, 1.807) is 6.92 Å². The lowest BCUT2D eigenvalue weighted by atomic mass is 9.96. The Morgan fingerprint density at radius 2 is 2.19 bits per heavy atom. The number of aliphatic hydroxyl groups excluding tert-OH is 2. The monoisotopic (exact) mass is 295 g/mol. The van der Waals surface area contributed by atoms with Crippen LogP contribution in [0.15, 0.2) is 6.33 Å². The molecule has 0 aliphatic carbocycles. The van der Waals surface area contributed by atoms with Gasteiger partial charge in [-0.2, -0.15) is 0 Å². The molecule has 21 heavy (non-hydrogen) atoms. The topological polar surface area (TPSA) is 140 Å². The van der Waals surface area contributed by atoms with Crippen LogP contribution < -0.4 is 5.73 Å². The minimum atomic E-state index is -1.60. The number of aromatic nitrogens is 4. The number of imidazole rings is 1. The van der Waals surface area contributed by atoms with Gasteiger partial charge in [0.2, 0.25) is 0 Å². The Labute approximate surface area is 120 Å². The van der Waals surface area contributed by atoms with Gasteiger partial charge in [0.05, 0.1) is 12.9 Å². The fourth-order valence-electron chi connectivity index (χ4n) is 2.61. The number of aliphatic hydroxyl groups is 3. The Morgan fingerprint density at radius 1 is 1.48 bits per heavy atom. The Hall–Kier alpha value is -1.81. The van der Waals surface area contributed by atoms with Crippen LogP contribution in [0.4, 0.5) is 5.82 Å². The van der Waals surface area contributed by atoms with Gasteiger partial charge in [0.1, 0.15) is 29.2 Å². The van der Waals surface area contributed by atoms with Crippen molar-refractivity contribution in [1.82, 2.24) is 19.5 Å². The molecule has 2 aromatic heterocycles. The highest BCUT2D eigenvalue weighted by Crippen LogP contribution is 2.39. The molecule has 0 aromatic carbocycles. The van der Waals surface area contributed by atoms with E-state index in [9.17, 15) is 15.3 Å². The zero-order chi connectivity index (χ0) is 15.4. The molecule has 0 spiro atoms. The van der Waals surface area contributed by atoms with Crippen molar-refractivity contribution in [2.75, 3.05) is 12.3 Å². The predicted molar refractivity (Wildman–Crippen MR) is 72.1 cm³/mol. The number of hydrogen-bond donors (Lipinski definition) is 4. The van der Waals surface area contributed by atoms with Crippen LogP contribution >= 0.6 is 0 Å². The molecule has 0 radical (unpaired) electrons. The molecule has 3 rings (SSSR count). The molecule has 1 aliphatic rings. The summed E-state index contributed by atoms with van der Waals surface area (Å²) in [7, 11) is 0. The number of nitrogen functional groups attached to an aromatic ring is 1. The third-order valence-electron chi connectivity index (χ3n) is 3.75. The number of fused-ring (bicyclic) bond motifs is 1. The van der Waals surface area contributed by atoms with Crippen molar-refractivity contribution in [3.05, 3.63) is 12.2 Å². The molecule has 5 N–H and O–H groups in total. The molecule has 0 bridgehead atoms. The first-order valence-electron chi connectivity index (χ1n) is 6.49. The number of ether oxygens (including phenoxy) is 1. The van der Waals surface area contributed by atoms with Gasteiger partial charge in [-0.05, 0) is 13.8 Å². The Balaban J connectivity index is 2.13. The lowest BCUT2D eigenvalue weighted by Gasteiger charge is -2.27. The van der Waals surface area contributed by atoms with Gasteiger partial charge in [-0.15, -0.1) is 0 Å². The summed E-state index contributed by atoms with van der Waals surface area (Å²) in [5, 5.41) is 29.7. The van der Waals surface area contributed by atoms with Crippen LogP contribution in [0.25, 0.3) is 11.2 Å². The third-order valence-corrected chi connectivity index (χ3v) is 3.75. The summed E-state index contributed by atoms with van der Waals surface area (Å²) >= 11 is 0. The van der Waals surface area contributed by atoms with Gasteiger partial charge in [-0.3, -0.25) is 4.57 Å². The van der Waals surface area contributed by atoms with Gasteiger partial charge in [-0.25, -0.2) is 15.0 Å². The van der Waals surface area contributed by atoms with Crippen molar-refractivity contribution < 1.29 is 20.1 Å². The minimum Gasteiger partial charge on any atom is -0.394 e. The van der Waals surface area contributed by atoms with E-state index in [0.717, 1.165) is 0 Å². The van der Waals surface area contributed by atoms with Crippen molar-refractivity contribution in [2.45, 2.75) is 37.9 Å². The highest BCUT2D eigenvalue weighted by Gasteiger charge is 2.53. The van der Waals surface area contributed by atoms with E-state index in [0.29, 0.717) is 17.0 Å². The maximum absolute atomic E-state index is 10.5. The van der Waals surface area contributed by atoms with Gasteiger partial charge in [0.25, 0.3) is 0 Å². The highest BCUT2D eigenvalue weighted by molar-refractivity contribution is 5.81. The highest BCUT2D eigenvalue weighted by atomic mass is 16.6. The van der Waals surface area contributed by atoms with Crippen molar-refractivity contribution in [1.29, 1.82) is 0 Å². The third kappa shape index (κ3) is 1.97. The van der Waals surface area contributed by atoms with Gasteiger partial charge in [0, 0.05) is 0 Å². The van der Waals surface area contributed by atoms with Gasteiger partial charge >= 0.3 is 0 Å². The summed E-state index contributed by atoms with van der Waals surface area (Å²) in [5.41, 5.74) is 4.99. The second kappa shape index (κ2) is 4.60. The van der Waals surface area contributed by atoms with Crippen LogP contribution in [-0.2, 0) is 4.74 Å². The number of hydrogen-bond acceptors (Lipinski definition) is 8. The summed E-state index contributed by atoms with van der Waals surface area (Å²) < 4.78 is 7.03. The Kier molecular flexibility index (Phi) is 3.10. The van der Waals surface area contributed by atoms with Gasteiger partial charge in [-0.1, -0.05) is 0 Å². The van der Waals surface area contributed by atoms with Crippen molar-refractivity contribution in [3.8, 4) is 0 Å². The molecule has 2 aromatic rings. The van der Waals surface area contributed by atoms with Crippen LogP contribution in [0.1, 0.15) is 19.0 Å². The maximum Gasteiger partial charge on any atom is 0.168 e. The normalized spacial score (nSPS) is 32.9. The Morgan fingerprint density at radius 3 is 2.81 bits per heavy atom. The van der Waals surface area contributed by atoms with E-state index in [4.69, 9.17) is 10.5 Å². The molecule has 1 fully saturated rings.